The lowest BCUT2D eigenvalue weighted by Gasteiger charge is -2.34. The summed E-state index contributed by atoms with van der Waals surface area (Å²) in [5.74, 6) is -2.25. The second-order valence-electron chi connectivity index (χ2n) is 17.8. The van der Waals surface area contributed by atoms with Crippen molar-refractivity contribution in [3.63, 3.8) is 0 Å². The van der Waals surface area contributed by atoms with Crippen LogP contribution in [0.5, 0.6) is 0 Å². The maximum absolute atomic E-state index is 15.6. The van der Waals surface area contributed by atoms with Crippen molar-refractivity contribution in [2.45, 2.75) is 103 Å². The first-order valence-electron chi connectivity index (χ1n) is 21.3. The van der Waals surface area contributed by atoms with E-state index in [1.54, 1.807) is 40.7 Å². The molecule has 326 valence electrons. The molecular formula is C48H48FN5O9. The lowest BCUT2D eigenvalue weighted by Crippen LogP contribution is -2.53. The standard InChI is InChI=1S/C48H48FN5O9/c1-6-48(61)33-20-37-41-31(22-54(37)43(56)32(33)23-62-44(48)57)40-35(16-15-25-24(2)34(49)21-36(51-41)39(25)40)52-42(55)38(53(46(59)60)18-17-50-45(58)63-47(3,4)5)19-30-28-13-9-7-11-26(28)27-12-8-10-14-29(27)30/h7-14,20-21,30,35,38,61H,6,15-19,22-23H2,1-5H3,(H,50,58)(H,52,55)(H,59,60)/t35-,38?,48-/m0/s1. The van der Waals surface area contributed by atoms with Crippen molar-refractivity contribution in [3.8, 4) is 22.5 Å². The van der Waals surface area contributed by atoms with Crippen molar-refractivity contribution in [1.82, 2.24) is 25.1 Å². The zero-order chi connectivity index (χ0) is 44.7. The summed E-state index contributed by atoms with van der Waals surface area (Å²) in [5.41, 5.74) is 4.27. The van der Waals surface area contributed by atoms with Gasteiger partial charge in [-0.25, -0.2) is 23.8 Å². The van der Waals surface area contributed by atoms with E-state index in [1.807, 2.05) is 48.5 Å². The van der Waals surface area contributed by atoms with Crippen molar-refractivity contribution in [2.75, 3.05) is 13.1 Å². The number of ether oxygens (including phenoxy) is 2. The fourth-order valence-corrected chi connectivity index (χ4v) is 10.1. The number of fused-ring (bicyclic) bond motifs is 8. The minimum Gasteiger partial charge on any atom is -0.465 e. The predicted octanol–water partition coefficient (Wildman–Crippen LogP) is 6.71. The molecule has 3 aromatic carbocycles. The highest BCUT2D eigenvalue weighted by molar-refractivity contribution is 5.95. The number of carboxylic acid groups (broad SMARTS) is 1. The molecule has 0 fully saturated rings. The molecule has 14 nitrogen and oxygen atoms in total. The van der Waals surface area contributed by atoms with Crippen LogP contribution in [0.2, 0.25) is 0 Å². The third-order valence-corrected chi connectivity index (χ3v) is 13.1. The number of aryl methyl sites for hydroxylation is 1. The van der Waals surface area contributed by atoms with Crippen LogP contribution in [0.15, 0.2) is 65.5 Å². The molecule has 9 rings (SSSR count). The Morgan fingerprint density at radius 2 is 1.73 bits per heavy atom. The zero-order valence-electron chi connectivity index (χ0n) is 35.6. The number of hydrogen-bond acceptors (Lipinski definition) is 9. The van der Waals surface area contributed by atoms with E-state index in [1.165, 1.54) is 10.6 Å². The van der Waals surface area contributed by atoms with Gasteiger partial charge in [0.05, 0.1) is 35.1 Å². The Morgan fingerprint density at radius 3 is 2.38 bits per heavy atom. The maximum atomic E-state index is 15.6. The lowest BCUT2D eigenvalue weighted by molar-refractivity contribution is -0.172. The van der Waals surface area contributed by atoms with Crippen molar-refractivity contribution in [1.29, 1.82) is 0 Å². The average Bonchev–Trinajstić information content (AvgIpc) is 3.77. The third kappa shape index (κ3) is 6.89. The molecule has 4 aliphatic rings. The molecule has 2 aliphatic carbocycles. The molecule has 0 saturated heterocycles. The molecule has 1 unspecified atom stereocenters. The van der Waals surface area contributed by atoms with Crippen LogP contribution < -0.4 is 16.2 Å². The first-order chi connectivity index (χ1) is 30.0. The summed E-state index contributed by atoms with van der Waals surface area (Å²) in [7, 11) is 0. The molecule has 15 heteroatoms. The summed E-state index contributed by atoms with van der Waals surface area (Å²) in [6, 6.07) is 16.6. The molecule has 4 N–H and O–H groups in total. The second kappa shape index (κ2) is 15.3. The number of alkyl carbamates (subject to hydrolysis) is 1. The van der Waals surface area contributed by atoms with E-state index in [0.29, 0.717) is 51.8 Å². The maximum Gasteiger partial charge on any atom is 0.408 e. The molecule has 0 bridgehead atoms. The number of carbonyl (C=O) groups excluding carboxylic acids is 3. The lowest BCUT2D eigenvalue weighted by atomic mass is 9.81. The quantitative estimate of drug-likeness (QED) is 0.114. The number of pyridine rings is 2. The molecule has 0 saturated carbocycles. The number of aromatic nitrogens is 2. The Kier molecular flexibility index (Phi) is 10.2. The number of nitrogens with one attached hydrogen (secondary N) is 2. The Balaban J connectivity index is 1.13. The number of aliphatic hydroxyl groups is 1. The number of esters is 1. The van der Waals surface area contributed by atoms with E-state index in [-0.39, 0.29) is 56.1 Å². The van der Waals surface area contributed by atoms with Gasteiger partial charge in [0.15, 0.2) is 5.60 Å². The fourth-order valence-electron chi connectivity index (χ4n) is 10.1. The molecule has 4 heterocycles. The van der Waals surface area contributed by atoms with Crippen molar-refractivity contribution >= 4 is 35.0 Å². The fraction of sp³-hybridized carbons (Fsp3) is 0.375. The molecule has 3 amide bonds. The van der Waals surface area contributed by atoms with E-state index in [0.717, 1.165) is 32.7 Å². The van der Waals surface area contributed by atoms with Crippen LogP contribution in [-0.2, 0) is 44.2 Å². The van der Waals surface area contributed by atoms with Crippen molar-refractivity contribution in [2.24, 2.45) is 0 Å². The Labute approximate surface area is 362 Å². The summed E-state index contributed by atoms with van der Waals surface area (Å²) < 4.78 is 27.8. The third-order valence-electron chi connectivity index (χ3n) is 13.1. The van der Waals surface area contributed by atoms with Gasteiger partial charge in [0, 0.05) is 41.6 Å². The molecule has 2 aromatic heterocycles. The summed E-state index contributed by atoms with van der Waals surface area (Å²) >= 11 is 0. The van der Waals surface area contributed by atoms with Gasteiger partial charge in [0.1, 0.15) is 24.1 Å². The number of cyclic esters (lactones) is 1. The Hall–Kier alpha value is -6.61. The highest BCUT2D eigenvalue weighted by Gasteiger charge is 2.46. The summed E-state index contributed by atoms with van der Waals surface area (Å²) in [6.45, 7) is 7.81. The summed E-state index contributed by atoms with van der Waals surface area (Å²) in [4.78, 5) is 74.1. The topological polar surface area (TPSA) is 189 Å². The van der Waals surface area contributed by atoms with Gasteiger partial charge in [-0.15, -0.1) is 0 Å². The molecular weight excluding hydrogens is 810 g/mol. The van der Waals surface area contributed by atoms with Gasteiger partial charge >= 0.3 is 18.2 Å². The van der Waals surface area contributed by atoms with Crippen LogP contribution >= 0.6 is 0 Å². The second-order valence-corrected chi connectivity index (χ2v) is 17.8. The normalized spacial score (nSPS) is 18.7. The number of rotatable bonds is 9. The number of nitrogens with zero attached hydrogens (tertiary/aromatic N) is 3. The van der Waals surface area contributed by atoms with Gasteiger partial charge in [-0.1, -0.05) is 55.5 Å². The number of amides is 3. The van der Waals surface area contributed by atoms with Gasteiger partial charge < -0.3 is 34.9 Å². The van der Waals surface area contributed by atoms with Gasteiger partial charge in [0.25, 0.3) is 5.56 Å². The molecule has 0 spiro atoms. The Bertz CT molecular complexity index is 2800. The molecule has 2 aliphatic heterocycles. The number of benzene rings is 3. The predicted molar refractivity (Wildman–Crippen MR) is 230 cm³/mol. The van der Waals surface area contributed by atoms with E-state index in [4.69, 9.17) is 14.5 Å². The molecule has 5 aromatic rings. The first-order valence-corrected chi connectivity index (χ1v) is 21.3. The van der Waals surface area contributed by atoms with Gasteiger partial charge in [-0.05, 0) is 98.4 Å². The molecule has 0 radical (unpaired) electrons. The zero-order valence-corrected chi connectivity index (χ0v) is 35.6. The van der Waals surface area contributed by atoms with E-state index >= 15 is 9.18 Å². The number of hydrogen-bond donors (Lipinski definition) is 4. The van der Waals surface area contributed by atoms with Crippen molar-refractivity contribution < 1.29 is 43.3 Å². The van der Waals surface area contributed by atoms with Gasteiger partial charge in [-0.3, -0.25) is 14.5 Å². The minimum absolute atomic E-state index is 0.0342. The first kappa shape index (κ1) is 41.7. The van der Waals surface area contributed by atoms with Crippen LogP contribution in [0, 0.1) is 12.7 Å². The van der Waals surface area contributed by atoms with Gasteiger partial charge in [0.2, 0.25) is 5.91 Å². The van der Waals surface area contributed by atoms with Crippen LogP contribution in [0.1, 0.15) is 103 Å². The van der Waals surface area contributed by atoms with Crippen LogP contribution in [0.3, 0.4) is 0 Å². The molecule has 3 atom stereocenters. The van der Waals surface area contributed by atoms with Crippen LogP contribution in [0.25, 0.3) is 33.4 Å². The number of carbonyl (C=O) groups is 4. The highest BCUT2D eigenvalue weighted by Crippen LogP contribution is 2.49. The monoisotopic (exact) mass is 857 g/mol. The van der Waals surface area contributed by atoms with Gasteiger partial charge in [-0.2, -0.15) is 0 Å². The largest absolute Gasteiger partial charge is 0.465 e. The van der Waals surface area contributed by atoms with E-state index in [9.17, 15) is 29.4 Å². The molecule has 63 heavy (non-hydrogen) atoms. The number of halogens is 1. The highest BCUT2D eigenvalue weighted by atomic mass is 19.1. The SMILES string of the molecule is CC[C@@]1(O)C(=O)OCc2c1cc1n(c2=O)Cc2c-1nc1cc(F)c(C)c3c1c2[C@@H](NC(=O)C(CC1c2ccccc2-c2ccccc21)N(CCNC(=O)OC(C)(C)C)C(=O)O)CC3. The van der Waals surface area contributed by atoms with Crippen LogP contribution in [0.4, 0.5) is 14.0 Å². The van der Waals surface area contributed by atoms with E-state index in [2.05, 4.69) is 10.6 Å². The van der Waals surface area contributed by atoms with Crippen molar-refractivity contribution in [3.05, 3.63) is 121 Å². The summed E-state index contributed by atoms with van der Waals surface area (Å²) in [5, 5.41) is 28.8. The van der Waals surface area contributed by atoms with Crippen LogP contribution in [-0.4, -0.2) is 73.5 Å². The summed E-state index contributed by atoms with van der Waals surface area (Å²) in [6.07, 6.45) is -1.36. The minimum atomic E-state index is -2.06. The smallest absolute Gasteiger partial charge is 0.408 e. The van der Waals surface area contributed by atoms with E-state index < -0.39 is 58.7 Å². The Morgan fingerprint density at radius 1 is 1.05 bits per heavy atom. The average molecular weight is 858 g/mol.